The minimum Gasteiger partial charge on any atom is -0.479 e. The minimum absolute atomic E-state index is 0.187. The van der Waals surface area contributed by atoms with Gasteiger partial charge in [-0.2, -0.15) is 0 Å². The Labute approximate surface area is 120 Å². The van der Waals surface area contributed by atoms with Gasteiger partial charge < -0.3 is 9.47 Å². The smallest absolute Gasteiger partial charge is 0.326 e. The number of carbonyl (C=O) groups excluding carboxylic acids is 2. The SMILES string of the molecule is CCOC(=O)CN1C(=O)C(C)Oc2ccc([N+](=O)[O-])cc21. The van der Waals surface area contributed by atoms with Gasteiger partial charge in [-0.3, -0.25) is 24.6 Å². The first-order chi connectivity index (χ1) is 9.93. The molecule has 0 fully saturated rings. The lowest BCUT2D eigenvalue weighted by Gasteiger charge is -2.32. The Bertz CT molecular complexity index is 600. The lowest BCUT2D eigenvalue weighted by atomic mass is 10.1. The van der Waals surface area contributed by atoms with Gasteiger partial charge in [-0.05, 0) is 19.9 Å². The average molecular weight is 294 g/mol. The third-order valence-electron chi connectivity index (χ3n) is 2.95. The van der Waals surface area contributed by atoms with Crippen LogP contribution in [-0.4, -0.2) is 36.1 Å². The van der Waals surface area contributed by atoms with Gasteiger partial charge in [0.25, 0.3) is 11.6 Å². The number of benzene rings is 1. The highest BCUT2D eigenvalue weighted by molar-refractivity contribution is 6.03. The van der Waals surface area contributed by atoms with Gasteiger partial charge in [0.15, 0.2) is 6.10 Å². The Kier molecular flexibility index (Phi) is 4.06. The van der Waals surface area contributed by atoms with E-state index in [-0.39, 0.29) is 24.5 Å². The Hall–Kier alpha value is -2.64. The molecular weight excluding hydrogens is 280 g/mol. The van der Waals surface area contributed by atoms with E-state index in [1.54, 1.807) is 13.8 Å². The number of ether oxygens (including phenoxy) is 2. The molecule has 1 atom stereocenters. The average Bonchev–Trinajstić information content (AvgIpc) is 2.43. The number of fused-ring (bicyclic) bond motifs is 1. The lowest BCUT2D eigenvalue weighted by molar-refractivity contribution is -0.384. The molecule has 1 heterocycles. The molecular formula is C13H14N2O6. The number of esters is 1. The van der Waals surface area contributed by atoms with E-state index in [9.17, 15) is 19.7 Å². The Morgan fingerprint density at radius 2 is 2.24 bits per heavy atom. The molecule has 0 saturated heterocycles. The van der Waals surface area contributed by atoms with Crippen LogP contribution in [0, 0.1) is 10.1 Å². The molecule has 1 aliphatic rings. The zero-order chi connectivity index (χ0) is 15.6. The number of anilines is 1. The predicted octanol–water partition coefficient (Wildman–Crippen LogP) is 1.27. The van der Waals surface area contributed by atoms with Crippen LogP contribution in [0.4, 0.5) is 11.4 Å². The molecule has 1 aliphatic heterocycles. The number of nitro benzene ring substituents is 1. The van der Waals surface area contributed by atoms with Crippen LogP contribution in [0.2, 0.25) is 0 Å². The maximum absolute atomic E-state index is 12.1. The number of carbonyl (C=O) groups is 2. The third-order valence-corrected chi connectivity index (χ3v) is 2.95. The van der Waals surface area contributed by atoms with E-state index in [0.29, 0.717) is 5.75 Å². The summed E-state index contributed by atoms with van der Waals surface area (Å²) in [6, 6.07) is 3.90. The zero-order valence-corrected chi connectivity index (χ0v) is 11.6. The second-order valence-electron chi connectivity index (χ2n) is 4.40. The summed E-state index contributed by atoms with van der Waals surface area (Å²) in [5, 5.41) is 10.8. The summed E-state index contributed by atoms with van der Waals surface area (Å²) in [4.78, 5) is 35.1. The monoisotopic (exact) mass is 294 g/mol. The molecule has 0 spiro atoms. The Balaban J connectivity index is 2.39. The normalized spacial score (nSPS) is 17.0. The van der Waals surface area contributed by atoms with E-state index in [0.717, 1.165) is 4.90 Å². The van der Waals surface area contributed by atoms with E-state index in [4.69, 9.17) is 9.47 Å². The molecule has 1 aromatic rings. The van der Waals surface area contributed by atoms with E-state index in [1.807, 2.05) is 0 Å². The number of hydrogen-bond donors (Lipinski definition) is 0. The fourth-order valence-electron chi connectivity index (χ4n) is 2.01. The molecule has 0 saturated carbocycles. The molecule has 8 heteroatoms. The number of rotatable bonds is 4. The highest BCUT2D eigenvalue weighted by Crippen LogP contribution is 2.36. The van der Waals surface area contributed by atoms with Crippen molar-refractivity contribution >= 4 is 23.3 Å². The molecule has 0 aromatic heterocycles. The number of nitrogens with zero attached hydrogens (tertiary/aromatic N) is 2. The number of amides is 1. The molecule has 2 rings (SSSR count). The first kappa shape index (κ1) is 14.8. The molecule has 0 aliphatic carbocycles. The first-order valence-electron chi connectivity index (χ1n) is 6.36. The summed E-state index contributed by atoms with van der Waals surface area (Å²) in [5.74, 6) is -0.717. The van der Waals surface area contributed by atoms with Gasteiger partial charge in [0.05, 0.1) is 17.2 Å². The van der Waals surface area contributed by atoms with Crippen LogP contribution in [0.25, 0.3) is 0 Å². The molecule has 112 valence electrons. The molecule has 1 aromatic carbocycles. The van der Waals surface area contributed by atoms with Crippen LogP contribution in [0.15, 0.2) is 18.2 Å². The fourth-order valence-corrected chi connectivity index (χ4v) is 2.01. The van der Waals surface area contributed by atoms with Crippen LogP contribution in [0.1, 0.15) is 13.8 Å². The minimum atomic E-state index is -0.770. The maximum atomic E-state index is 12.1. The van der Waals surface area contributed by atoms with Crippen LogP contribution in [-0.2, 0) is 14.3 Å². The summed E-state index contributed by atoms with van der Waals surface area (Å²) in [6.45, 7) is 3.08. The topological polar surface area (TPSA) is 99.0 Å². The molecule has 0 bridgehead atoms. The molecule has 1 amide bonds. The summed E-state index contributed by atoms with van der Waals surface area (Å²) in [5.41, 5.74) is 0.00825. The van der Waals surface area contributed by atoms with Crippen molar-refractivity contribution in [1.29, 1.82) is 0 Å². The fraction of sp³-hybridized carbons (Fsp3) is 0.385. The molecule has 21 heavy (non-hydrogen) atoms. The quantitative estimate of drug-likeness (QED) is 0.471. The van der Waals surface area contributed by atoms with Crippen molar-refractivity contribution in [2.45, 2.75) is 20.0 Å². The van der Waals surface area contributed by atoms with Gasteiger partial charge >= 0.3 is 5.97 Å². The summed E-state index contributed by atoms with van der Waals surface area (Å²) in [7, 11) is 0. The summed E-state index contributed by atoms with van der Waals surface area (Å²) in [6.07, 6.45) is -0.770. The van der Waals surface area contributed by atoms with E-state index in [2.05, 4.69) is 0 Å². The van der Waals surface area contributed by atoms with Gasteiger partial charge in [-0.15, -0.1) is 0 Å². The van der Waals surface area contributed by atoms with Gasteiger partial charge in [-0.1, -0.05) is 0 Å². The van der Waals surface area contributed by atoms with Gasteiger partial charge in [0.2, 0.25) is 0 Å². The van der Waals surface area contributed by atoms with Gasteiger partial charge in [0.1, 0.15) is 12.3 Å². The molecule has 0 N–H and O–H groups in total. The van der Waals surface area contributed by atoms with E-state index in [1.165, 1.54) is 18.2 Å². The van der Waals surface area contributed by atoms with Crippen molar-refractivity contribution in [3.63, 3.8) is 0 Å². The third kappa shape index (κ3) is 2.93. The van der Waals surface area contributed by atoms with Crippen LogP contribution in [0.3, 0.4) is 0 Å². The zero-order valence-electron chi connectivity index (χ0n) is 11.6. The van der Waals surface area contributed by atoms with Crippen LogP contribution >= 0.6 is 0 Å². The van der Waals surface area contributed by atoms with Crippen molar-refractivity contribution in [1.82, 2.24) is 0 Å². The van der Waals surface area contributed by atoms with Gasteiger partial charge in [-0.25, -0.2) is 0 Å². The number of nitro groups is 1. The van der Waals surface area contributed by atoms with Gasteiger partial charge in [0, 0.05) is 12.1 Å². The van der Waals surface area contributed by atoms with Crippen molar-refractivity contribution in [2.75, 3.05) is 18.1 Å². The van der Waals surface area contributed by atoms with Crippen LogP contribution < -0.4 is 9.64 Å². The Morgan fingerprint density at radius 3 is 2.86 bits per heavy atom. The van der Waals surface area contributed by atoms with Crippen molar-refractivity contribution in [3.8, 4) is 5.75 Å². The number of non-ortho nitro benzene ring substituents is 1. The molecule has 8 nitrogen and oxygen atoms in total. The molecule has 1 unspecified atom stereocenters. The van der Waals surface area contributed by atoms with Crippen molar-refractivity contribution in [2.24, 2.45) is 0 Å². The van der Waals surface area contributed by atoms with Crippen molar-refractivity contribution < 1.29 is 24.0 Å². The second kappa shape index (κ2) is 5.78. The van der Waals surface area contributed by atoms with E-state index >= 15 is 0 Å². The summed E-state index contributed by atoms with van der Waals surface area (Å²) < 4.78 is 10.2. The van der Waals surface area contributed by atoms with Crippen molar-refractivity contribution in [3.05, 3.63) is 28.3 Å². The Morgan fingerprint density at radius 1 is 1.52 bits per heavy atom. The largest absolute Gasteiger partial charge is 0.479 e. The maximum Gasteiger partial charge on any atom is 0.326 e. The first-order valence-corrected chi connectivity index (χ1v) is 6.36. The lowest BCUT2D eigenvalue weighted by Crippen LogP contribution is -2.47. The highest BCUT2D eigenvalue weighted by Gasteiger charge is 2.34. The standard InChI is InChI=1S/C13H14N2O6/c1-3-20-12(16)7-14-10-6-9(15(18)19)4-5-11(10)21-8(2)13(14)17/h4-6,8H,3,7H2,1-2H3. The predicted molar refractivity (Wildman–Crippen MR) is 72.2 cm³/mol. The molecule has 0 radical (unpaired) electrons. The van der Waals surface area contributed by atoms with Crippen LogP contribution in [0.5, 0.6) is 5.75 Å². The summed E-state index contributed by atoms with van der Waals surface area (Å²) >= 11 is 0. The van der Waals surface area contributed by atoms with E-state index < -0.39 is 22.9 Å². The second-order valence-corrected chi connectivity index (χ2v) is 4.40. The number of hydrogen-bond acceptors (Lipinski definition) is 6. The highest BCUT2D eigenvalue weighted by atomic mass is 16.6.